The Morgan fingerprint density at radius 1 is 1.75 bits per heavy atom. The minimum atomic E-state index is 1.06. The highest BCUT2D eigenvalue weighted by Gasteiger charge is 1.92. The molecule has 0 aromatic carbocycles. The van der Waals surface area contributed by atoms with Crippen molar-refractivity contribution < 1.29 is 0 Å². The van der Waals surface area contributed by atoms with Crippen LogP contribution in [0.2, 0.25) is 0 Å². The summed E-state index contributed by atoms with van der Waals surface area (Å²) < 4.78 is 0. The third-order valence-electron chi connectivity index (χ3n) is 1.10. The van der Waals surface area contributed by atoms with Crippen LogP contribution in [-0.2, 0) is 0 Å². The Morgan fingerprint density at radius 3 is 2.75 bits per heavy atom. The summed E-state index contributed by atoms with van der Waals surface area (Å²) >= 11 is 0. The van der Waals surface area contributed by atoms with Crippen LogP contribution in [-0.4, -0.2) is 17.2 Å². The Labute approximate surface area is 48.1 Å². The van der Waals surface area contributed by atoms with Gasteiger partial charge in [0, 0.05) is 7.05 Å². The smallest absolute Gasteiger partial charge is 0.0750 e. The van der Waals surface area contributed by atoms with Crippen molar-refractivity contribution in [3.63, 3.8) is 0 Å². The van der Waals surface area contributed by atoms with Gasteiger partial charge in [-0.1, -0.05) is 0 Å². The van der Waals surface area contributed by atoms with E-state index in [-0.39, 0.29) is 0 Å². The van der Waals surface area contributed by atoms with Crippen LogP contribution in [0, 0.1) is 6.92 Å². The zero-order chi connectivity index (χ0) is 5.98. The molecule has 44 valence electrons. The standard InChI is InChI=1S/C5H9N3/c1-4-5(6-2)3-7-8-4/h3,6H,1-2H3,(H,7,8). The molecule has 0 unspecified atom stereocenters. The average Bonchev–Trinajstić information content (AvgIpc) is 2.14. The van der Waals surface area contributed by atoms with E-state index in [1.54, 1.807) is 6.20 Å². The van der Waals surface area contributed by atoms with E-state index in [0.717, 1.165) is 11.4 Å². The number of nitrogens with one attached hydrogen (secondary N) is 2. The number of aromatic amines is 1. The van der Waals surface area contributed by atoms with Crippen LogP contribution in [0.15, 0.2) is 6.20 Å². The summed E-state index contributed by atoms with van der Waals surface area (Å²) in [6.45, 7) is 1.97. The second-order valence-electron chi connectivity index (χ2n) is 1.66. The van der Waals surface area contributed by atoms with Crippen LogP contribution in [0.5, 0.6) is 0 Å². The third kappa shape index (κ3) is 0.665. The zero-order valence-corrected chi connectivity index (χ0v) is 5.02. The number of anilines is 1. The normalized spacial score (nSPS) is 9.25. The molecule has 3 heteroatoms. The second-order valence-corrected chi connectivity index (χ2v) is 1.66. The van der Waals surface area contributed by atoms with Crippen LogP contribution >= 0.6 is 0 Å². The molecule has 0 aliphatic carbocycles. The van der Waals surface area contributed by atoms with Gasteiger partial charge in [0.2, 0.25) is 0 Å². The van der Waals surface area contributed by atoms with Gasteiger partial charge in [-0.15, -0.1) is 0 Å². The van der Waals surface area contributed by atoms with Crippen molar-refractivity contribution in [3.05, 3.63) is 11.9 Å². The van der Waals surface area contributed by atoms with Crippen LogP contribution < -0.4 is 5.32 Å². The molecule has 0 radical (unpaired) electrons. The fraction of sp³-hybridized carbons (Fsp3) is 0.400. The molecule has 0 atom stereocenters. The number of H-pyrrole nitrogens is 1. The van der Waals surface area contributed by atoms with Crippen LogP contribution in [0.25, 0.3) is 0 Å². The molecule has 1 heterocycles. The molecular weight excluding hydrogens is 102 g/mol. The maximum absolute atomic E-state index is 3.81. The first kappa shape index (κ1) is 5.15. The Kier molecular flexibility index (Phi) is 1.20. The van der Waals surface area contributed by atoms with Crippen molar-refractivity contribution in [2.45, 2.75) is 6.92 Å². The SMILES string of the molecule is CNc1cn[nH]c1C. The second kappa shape index (κ2) is 1.86. The van der Waals surface area contributed by atoms with Crippen molar-refractivity contribution in [2.75, 3.05) is 12.4 Å². The fourth-order valence-corrected chi connectivity index (χ4v) is 0.603. The highest BCUT2D eigenvalue weighted by molar-refractivity contribution is 5.43. The molecular formula is C5H9N3. The Morgan fingerprint density at radius 2 is 2.50 bits per heavy atom. The van der Waals surface area contributed by atoms with Crippen LogP contribution in [0.3, 0.4) is 0 Å². The minimum absolute atomic E-state index is 1.06. The van der Waals surface area contributed by atoms with Gasteiger partial charge in [-0.05, 0) is 6.92 Å². The Hall–Kier alpha value is -0.990. The quantitative estimate of drug-likeness (QED) is 0.561. The molecule has 0 aliphatic rings. The molecule has 0 amide bonds. The molecule has 0 saturated carbocycles. The first-order chi connectivity index (χ1) is 3.84. The maximum Gasteiger partial charge on any atom is 0.0750 e. The van der Waals surface area contributed by atoms with Crippen molar-refractivity contribution in [1.82, 2.24) is 10.2 Å². The van der Waals surface area contributed by atoms with Gasteiger partial charge in [0.1, 0.15) is 0 Å². The molecule has 2 N–H and O–H groups in total. The Balaban J connectivity index is 2.92. The van der Waals surface area contributed by atoms with Crippen LogP contribution in [0.1, 0.15) is 5.69 Å². The molecule has 1 aromatic heterocycles. The number of nitrogens with zero attached hydrogens (tertiary/aromatic N) is 1. The molecule has 0 bridgehead atoms. The maximum atomic E-state index is 3.81. The summed E-state index contributed by atoms with van der Waals surface area (Å²) in [5.41, 5.74) is 2.14. The predicted molar refractivity (Wildman–Crippen MR) is 32.9 cm³/mol. The van der Waals surface area contributed by atoms with E-state index < -0.39 is 0 Å². The topological polar surface area (TPSA) is 40.7 Å². The van der Waals surface area contributed by atoms with Crippen LogP contribution in [0.4, 0.5) is 5.69 Å². The summed E-state index contributed by atoms with van der Waals surface area (Å²) in [5, 5.41) is 9.59. The highest BCUT2D eigenvalue weighted by Crippen LogP contribution is 2.06. The molecule has 0 fully saturated rings. The number of aryl methyl sites for hydroxylation is 1. The first-order valence-corrected chi connectivity index (χ1v) is 2.52. The van der Waals surface area contributed by atoms with Gasteiger partial charge in [-0.3, -0.25) is 5.10 Å². The molecule has 0 spiro atoms. The Bertz CT molecular complexity index is 168. The molecule has 8 heavy (non-hydrogen) atoms. The highest BCUT2D eigenvalue weighted by atomic mass is 15.1. The summed E-state index contributed by atoms with van der Waals surface area (Å²) in [6, 6.07) is 0. The van der Waals surface area contributed by atoms with Gasteiger partial charge >= 0.3 is 0 Å². The largest absolute Gasteiger partial charge is 0.385 e. The van der Waals surface area contributed by atoms with Gasteiger partial charge in [0.05, 0.1) is 17.6 Å². The van der Waals surface area contributed by atoms with E-state index in [1.165, 1.54) is 0 Å². The van der Waals surface area contributed by atoms with E-state index in [0.29, 0.717) is 0 Å². The summed E-state index contributed by atoms with van der Waals surface area (Å²) in [4.78, 5) is 0. The van der Waals surface area contributed by atoms with Crippen molar-refractivity contribution in [2.24, 2.45) is 0 Å². The predicted octanol–water partition coefficient (Wildman–Crippen LogP) is 0.760. The summed E-state index contributed by atoms with van der Waals surface area (Å²) in [7, 11) is 1.87. The van der Waals surface area contributed by atoms with E-state index in [1.807, 2.05) is 14.0 Å². The van der Waals surface area contributed by atoms with Gasteiger partial charge in [0.25, 0.3) is 0 Å². The zero-order valence-electron chi connectivity index (χ0n) is 5.02. The van der Waals surface area contributed by atoms with E-state index in [2.05, 4.69) is 15.5 Å². The van der Waals surface area contributed by atoms with E-state index in [4.69, 9.17) is 0 Å². The number of hydrogen-bond donors (Lipinski definition) is 2. The van der Waals surface area contributed by atoms with Gasteiger partial charge in [-0.2, -0.15) is 5.10 Å². The molecule has 1 aromatic rings. The van der Waals surface area contributed by atoms with E-state index in [9.17, 15) is 0 Å². The monoisotopic (exact) mass is 111 g/mol. The molecule has 0 aliphatic heterocycles. The number of aromatic nitrogens is 2. The number of rotatable bonds is 1. The van der Waals surface area contributed by atoms with Crippen molar-refractivity contribution >= 4 is 5.69 Å². The lowest BCUT2D eigenvalue weighted by molar-refractivity contribution is 1.05. The summed E-state index contributed by atoms with van der Waals surface area (Å²) in [6.07, 6.45) is 1.76. The van der Waals surface area contributed by atoms with Crippen molar-refractivity contribution in [3.8, 4) is 0 Å². The minimum Gasteiger partial charge on any atom is -0.385 e. The molecule has 0 saturated heterocycles. The average molecular weight is 111 g/mol. The molecule has 1 rings (SSSR count). The first-order valence-electron chi connectivity index (χ1n) is 2.52. The lowest BCUT2D eigenvalue weighted by Gasteiger charge is -1.91. The van der Waals surface area contributed by atoms with Crippen molar-refractivity contribution in [1.29, 1.82) is 0 Å². The number of hydrogen-bond acceptors (Lipinski definition) is 2. The lowest BCUT2D eigenvalue weighted by atomic mass is 10.4. The lowest BCUT2D eigenvalue weighted by Crippen LogP contribution is -1.86. The van der Waals surface area contributed by atoms with Gasteiger partial charge < -0.3 is 5.32 Å². The fourth-order valence-electron chi connectivity index (χ4n) is 0.603. The van der Waals surface area contributed by atoms with Gasteiger partial charge in [0.15, 0.2) is 0 Å². The third-order valence-corrected chi connectivity index (χ3v) is 1.10. The van der Waals surface area contributed by atoms with Gasteiger partial charge in [-0.25, -0.2) is 0 Å². The summed E-state index contributed by atoms with van der Waals surface area (Å²) in [5.74, 6) is 0. The molecule has 3 nitrogen and oxygen atoms in total. The van der Waals surface area contributed by atoms with E-state index >= 15 is 0 Å².